The van der Waals surface area contributed by atoms with Gasteiger partial charge in [0.25, 0.3) is 0 Å². The summed E-state index contributed by atoms with van der Waals surface area (Å²) in [5.74, 6) is 3.92. The van der Waals surface area contributed by atoms with Crippen molar-refractivity contribution < 1.29 is 0 Å². The Hall–Kier alpha value is -3.88. The van der Waals surface area contributed by atoms with Gasteiger partial charge in [-0.3, -0.25) is 4.90 Å². The van der Waals surface area contributed by atoms with Gasteiger partial charge in [-0.05, 0) is 134 Å². The van der Waals surface area contributed by atoms with Crippen molar-refractivity contribution in [3.05, 3.63) is 156 Å². The van der Waals surface area contributed by atoms with Crippen LogP contribution < -0.4 is 4.90 Å². The molecule has 278 valence electrons. The van der Waals surface area contributed by atoms with Crippen molar-refractivity contribution in [3.63, 3.8) is 0 Å². The highest BCUT2D eigenvalue weighted by molar-refractivity contribution is 5.84. The lowest BCUT2D eigenvalue weighted by molar-refractivity contribution is 0.180. The lowest BCUT2D eigenvalue weighted by Gasteiger charge is -2.41. The maximum Gasteiger partial charge on any atom is 0.0556 e. The number of likely N-dealkylation sites (tertiary alicyclic amines) is 1. The minimum Gasteiger partial charge on any atom is -0.338 e. The van der Waals surface area contributed by atoms with Crippen LogP contribution >= 0.6 is 0 Å². The van der Waals surface area contributed by atoms with Gasteiger partial charge in [0.1, 0.15) is 0 Å². The van der Waals surface area contributed by atoms with E-state index in [-0.39, 0.29) is 5.41 Å². The van der Waals surface area contributed by atoms with Gasteiger partial charge in [-0.1, -0.05) is 136 Å². The third kappa shape index (κ3) is 5.85. The molecule has 2 nitrogen and oxygen atoms in total. The molecular formula is C52H60N2. The molecule has 0 spiro atoms. The molecule has 54 heavy (non-hydrogen) atoms. The van der Waals surface area contributed by atoms with E-state index < -0.39 is 0 Å². The average Bonchev–Trinajstić information content (AvgIpc) is 3.67. The van der Waals surface area contributed by atoms with E-state index in [1.165, 1.54) is 66.6 Å². The molecule has 10 rings (SSSR count). The first-order chi connectivity index (χ1) is 26.5. The first-order valence-electron chi connectivity index (χ1n) is 21.7. The molecule has 1 saturated heterocycles. The van der Waals surface area contributed by atoms with Crippen molar-refractivity contribution >= 4 is 11.3 Å². The molecule has 0 N–H and O–H groups in total. The van der Waals surface area contributed by atoms with Crippen molar-refractivity contribution in [2.75, 3.05) is 4.90 Å². The SMILES string of the molecule is CC1C=CC=CC1C1CCC=C(N(c2ccc3c(c2)C(C)(C)C2=C3CCC=C2)C2C=CC(C3C=CC4C(C3)C3CCC=CC3N4C3C=CC=CC3)=CC2)C1. The molecule has 0 amide bonds. The van der Waals surface area contributed by atoms with E-state index in [0.717, 1.165) is 37.5 Å². The Labute approximate surface area is 325 Å². The molecule has 10 atom stereocenters. The molecule has 1 fully saturated rings. The molecule has 9 aliphatic rings. The molecule has 1 aromatic rings. The van der Waals surface area contributed by atoms with Crippen LogP contribution in [0.15, 0.2) is 144 Å². The fraction of sp³-hybridized carbons (Fsp3) is 0.462. The van der Waals surface area contributed by atoms with Gasteiger partial charge in [0.15, 0.2) is 0 Å². The molecule has 8 aliphatic carbocycles. The van der Waals surface area contributed by atoms with Gasteiger partial charge in [-0.15, -0.1) is 0 Å². The molecule has 1 aliphatic heterocycles. The first kappa shape index (κ1) is 34.6. The minimum atomic E-state index is 0.0367. The molecule has 2 heteroatoms. The van der Waals surface area contributed by atoms with E-state index in [9.17, 15) is 0 Å². The lowest BCUT2D eigenvalue weighted by atomic mass is 9.72. The Morgan fingerprint density at radius 1 is 0.759 bits per heavy atom. The third-order valence-corrected chi connectivity index (χ3v) is 15.2. The summed E-state index contributed by atoms with van der Waals surface area (Å²) in [4.78, 5) is 5.65. The maximum atomic E-state index is 2.88. The summed E-state index contributed by atoms with van der Waals surface area (Å²) in [5.41, 5.74) is 10.6. The van der Waals surface area contributed by atoms with Crippen molar-refractivity contribution in [1.82, 2.24) is 4.90 Å². The maximum absolute atomic E-state index is 2.88. The number of allylic oxidation sites excluding steroid dienone is 16. The second-order valence-electron chi connectivity index (χ2n) is 18.5. The summed E-state index contributed by atoms with van der Waals surface area (Å²) in [7, 11) is 0. The van der Waals surface area contributed by atoms with Crippen LogP contribution in [0.1, 0.15) is 96.1 Å². The average molecular weight is 713 g/mol. The number of hydrogen-bond donors (Lipinski definition) is 0. The molecule has 0 aromatic heterocycles. The Balaban J connectivity index is 0.936. The predicted molar refractivity (Wildman–Crippen MR) is 228 cm³/mol. The van der Waals surface area contributed by atoms with Gasteiger partial charge in [0, 0.05) is 40.8 Å². The lowest BCUT2D eigenvalue weighted by Crippen LogP contribution is -2.44. The monoisotopic (exact) mass is 712 g/mol. The second-order valence-corrected chi connectivity index (χ2v) is 18.5. The van der Waals surface area contributed by atoms with Gasteiger partial charge in [-0.25, -0.2) is 0 Å². The molecule has 0 bridgehead atoms. The number of fused-ring (bicyclic) bond motifs is 5. The largest absolute Gasteiger partial charge is 0.338 e. The van der Waals surface area contributed by atoms with E-state index in [1.807, 2.05) is 0 Å². The summed E-state index contributed by atoms with van der Waals surface area (Å²) in [6.07, 6.45) is 56.2. The summed E-state index contributed by atoms with van der Waals surface area (Å²) in [6.45, 7) is 7.32. The topological polar surface area (TPSA) is 6.48 Å². The van der Waals surface area contributed by atoms with Gasteiger partial charge in [0.05, 0.1) is 6.04 Å². The molecule has 0 saturated carbocycles. The van der Waals surface area contributed by atoms with Crippen LogP contribution in [0.25, 0.3) is 5.57 Å². The van der Waals surface area contributed by atoms with Crippen LogP contribution in [0.4, 0.5) is 5.69 Å². The van der Waals surface area contributed by atoms with Crippen LogP contribution in [0, 0.1) is 35.5 Å². The fourth-order valence-corrected chi connectivity index (χ4v) is 12.5. The van der Waals surface area contributed by atoms with E-state index in [2.05, 4.69) is 158 Å². The zero-order valence-electron chi connectivity index (χ0n) is 32.9. The minimum absolute atomic E-state index is 0.0367. The van der Waals surface area contributed by atoms with E-state index in [1.54, 1.807) is 11.1 Å². The van der Waals surface area contributed by atoms with Gasteiger partial charge in [0.2, 0.25) is 0 Å². The van der Waals surface area contributed by atoms with Crippen LogP contribution in [0.5, 0.6) is 0 Å². The van der Waals surface area contributed by atoms with Crippen molar-refractivity contribution in [1.29, 1.82) is 0 Å². The Morgan fingerprint density at radius 2 is 1.65 bits per heavy atom. The fourth-order valence-electron chi connectivity index (χ4n) is 12.5. The van der Waals surface area contributed by atoms with Gasteiger partial charge in [-0.2, -0.15) is 0 Å². The third-order valence-electron chi connectivity index (χ3n) is 15.2. The summed E-state index contributed by atoms with van der Waals surface area (Å²) < 4.78 is 0. The normalized spacial score (nSPS) is 37.2. The Bertz CT molecular complexity index is 2000. The van der Waals surface area contributed by atoms with E-state index in [4.69, 9.17) is 0 Å². The van der Waals surface area contributed by atoms with Crippen LogP contribution in [-0.2, 0) is 5.41 Å². The van der Waals surface area contributed by atoms with Crippen LogP contribution in [-0.4, -0.2) is 29.1 Å². The number of nitrogens with zero attached hydrogens (tertiary/aromatic N) is 2. The summed E-state index contributed by atoms with van der Waals surface area (Å²) in [6, 6.07) is 9.52. The second kappa shape index (κ2) is 14.0. The molecule has 1 heterocycles. The summed E-state index contributed by atoms with van der Waals surface area (Å²) >= 11 is 0. The van der Waals surface area contributed by atoms with Crippen LogP contribution in [0.3, 0.4) is 0 Å². The molecule has 1 aromatic carbocycles. The van der Waals surface area contributed by atoms with E-state index in [0.29, 0.717) is 47.8 Å². The van der Waals surface area contributed by atoms with Gasteiger partial charge >= 0.3 is 0 Å². The van der Waals surface area contributed by atoms with Crippen LogP contribution in [0.2, 0.25) is 0 Å². The molecule has 0 radical (unpaired) electrons. The highest BCUT2D eigenvalue weighted by atomic mass is 15.2. The van der Waals surface area contributed by atoms with Crippen molar-refractivity contribution in [3.8, 4) is 0 Å². The number of benzene rings is 1. The number of rotatable bonds is 6. The highest BCUT2D eigenvalue weighted by Crippen LogP contribution is 2.53. The summed E-state index contributed by atoms with van der Waals surface area (Å²) in [5, 5.41) is 0. The molecule has 10 unspecified atom stereocenters. The number of anilines is 1. The Morgan fingerprint density at radius 3 is 2.50 bits per heavy atom. The quantitative estimate of drug-likeness (QED) is 0.271. The smallest absolute Gasteiger partial charge is 0.0556 e. The Kier molecular flexibility index (Phi) is 8.97. The molecular weight excluding hydrogens is 653 g/mol. The zero-order chi connectivity index (χ0) is 36.4. The van der Waals surface area contributed by atoms with Gasteiger partial charge < -0.3 is 4.90 Å². The van der Waals surface area contributed by atoms with Crippen molar-refractivity contribution in [2.45, 2.75) is 115 Å². The van der Waals surface area contributed by atoms with Crippen molar-refractivity contribution in [2.24, 2.45) is 35.5 Å². The predicted octanol–water partition coefficient (Wildman–Crippen LogP) is 12.3. The first-order valence-corrected chi connectivity index (χ1v) is 21.7. The highest BCUT2D eigenvalue weighted by Gasteiger charge is 2.50. The standard InChI is InChI=1S/C52H60N2/c1-35-14-7-8-19-43(35)38-15-13-18-41(32-38)53(42-29-30-45-44-20-9-11-22-48(44)52(2,3)49(45)34-42)40-27-24-36(25-28-40)37-26-31-51-47(33-37)46-21-10-12-23-50(46)54(51)39-16-5-4-6-17-39/h4-8,11-12,14,16,18-19,22-27,29-31,34-35,37-40,43,46-47,50-51H,9-10,13,15,17,20-21,28,32-33H2,1-3H3. The zero-order valence-corrected chi connectivity index (χ0v) is 32.9. The number of hydrogen-bond acceptors (Lipinski definition) is 2. The van der Waals surface area contributed by atoms with E-state index >= 15 is 0 Å².